The lowest BCUT2D eigenvalue weighted by atomic mass is 9.83. The van der Waals surface area contributed by atoms with Gasteiger partial charge in [0.25, 0.3) is 0 Å². The van der Waals surface area contributed by atoms with Gasteiger partial charge in [-0.15, -0.1) is 0 Å². The van der Waals surface area contributed by atoms with Gasteiger partial charge in [-0.1, -0.05) is 60.2 Å². The molecule has 0 fully saturated rings. The molecular formula is C32H34N2O3Si. The number of benzene rings is 3. The Balaban J connectivity index is 1.88. The highest BCUT2D eigenvalue weighted by atomic mass is 28.4. The minimum atomic E-state index is -2.16. The smallest absolute Gasteiger partial charge is 0.185 e. The first-order chi connectivity index (χ1) is 18.2. The van der Waals surface area contributed by atoms with Crippen molar-refractivity contribution >= 4 is 13.8 Å². The van der Waals surface area contributed by atoms with Crippen molar-refractivity contribution in [2.75, 3.05) is 14.2 Å². The minimum absolute atomic E-state index is 0.792. The van der Waals surface area contributed by atoms with Crippen LogP contribution < -0.4 is 9.47 Å². The molecule has 0 aliphatic rings. The summed E-state index contributed by atoms with van der Waals surface area (Å²) in [5, 5.41) is 0. The third-order valence-corrected chi connectivity index (χ3v) is 7.56. The molecule has 0 radical (unpaired) electrons. The molecule has 2 aromatic heterocycles. The number of hydrogen-bond acceptors (Lipinski definition) is 4. The summed E-state index contributed by atoms with van der Waals surface area (Å²) >= 11 is 0. The first-order valence-corrected chi connectivity index (χ1v) is 16.2. The van der Waals surface area contributed by atoms with Crippen molar-refractivity contribution in [2.45, 2.75) is 32.2 Å². The molecule has 0 spiro atoms. The molecule has 5 rings (SSSR count). The van der Waals surface area contributed by atoms with E-state index >= 15 is 0 Å². The largest absolute Gasteiger partial charge is 0.497 e. The summed E-state index contributed by atoms with van der Waals surface area (Å²) in [5.41, 5.74) is 5.13. The van der Waals surface area contributed by atoms with Gasteiger partial charge in [-0.2, -0.15) is 0 Å². The third-order valence-electron chi connectivity index (χ3n) is 6.64. The first kappa shape index (κ1) is 25.8. The van der Waals surface area contributed by atoms with Crippen LogP contribution in [0.4, 0.5) is 0 Å². The van der Waals surface area contributed by atoms with Crippen LogP contribution in [0.5, 0.6) is 11.5 Å². The topological polar surface area (TPSA) is 45.0 Å². The Kier molecular flexibility index (Phi) is 6.86. The molecule has 0 saturated heterocycles. The van der Waals surface area contributed by atoms with E-state index in [4.69, 9.17) is 18.9 Å². The van der Waals surface area contributed by atoms with Crippen molar-refractivity contribution in [1.82, 2.24) is 9.38 Å². The molecule has 6 heteroatoms. The fourth-order valence-electron chi connectivity index (χ4n) is 4.92. The number of rotatable bonds is 8. The van der Waals surface area contributed by atoms with E-state index in [1.54, 1.807) is 14.2 Å². The van der Waals surface area contributed by atoms with Crippen LogP contribution in [0.25, 0.3) is 16.9 Å². The lowest BCUT2D eigenvalue weighted by Crippen LogP contribution is -2.43. The molecule has 0 bridgehead atoms. The Morgan fingerprint density at radius 3 is 1.76 bits per heavy atom. The monoisotopic (exact) mass is 522 g/mol. The Bertz CT molecular complexity index is 1490. The number of pyridine rings is 1. The number of fused-ring (bicyclic) bond motifs is 1. The average molecular weight is 523 g/mol. The van der Waals surface area contributed by atoms with E-state index in [1.807, 2.05) is 30.3 Å². The van der Waals surface area contributed by atoms with E-state index < -0.39 is 13.9 Å². The SMILES string of the molecule is COc1ccc(C(O[Si](C)(C)C)(c2ccc(OC)cc2)c2nc(-c3ccc(C)cc3)n3ccccc23)cc1. The maximum Gasteiger partial charge on any atom is 0.185 e. The fourth-order valence-corrected chi connectivity index (χ4v) is 6.17. The molecule has 3 aromatic carbocycles. The van der Waals surface area contributed by atoms with Crippen molar-refractivity contribution in [3.63, 3.8) is 0 Å². The lowest BCUT2D eigenvalue weighted by molar-refractivity contribution is 0.144. The quantitative estimate of drug-likeness (QED) is 0.198. The molecule has 0 aliphatic heterocycles. The summed E-state index contributed by atoms with van der Waals surface area (Å²) < 4.78 is 20.4. The van der Waals surface area contributed by atoms with E-state index in [9.17, 15) is 0 Å². The van der Waals surface area contributed by atoms with Gasteiger partial charge in [0.15, 0.2) is 13.9 Å². The van der Waals surface area contributed by atoms with E-state index in [0.29, 0.717) is 0 Å². The summed E-state index contributed by atoms with van der Waals surface area (Å²) in [6.45, 7) is 8.74. The van der Waals surface area contributed by atoms with Gasteiger partial charge in [0.05, 0.1) is 19.7 Å². The van der Waals surface area contributed by atoms with E-state index in [2.05, 4.69) is 97.8 Å². The van der Waals surface area contributed by atoms with Crippen molar-refractivity contribution in [1.29, 1.82) is 0 Å². The Morgan fingerprint density at radius 1 is 0.711 bits per heavy atom. The van der Waals surface area contributed by atoms with Gasteiger partial charge < -0.3 is 13.9 Å². The van der Waals surface area contributed by atoms with Gasteiger partial charge in [0.1, 0.15) is 23.0 Å². The number of hydrogen-bond donors (Lipinski definition) is 0. The predicted octanol–water partition coefficient (Wildman–Crippen LogP) is 7.47. The molecule has 0 saturated carbocycles. The molecule has 0 atom stereocenters. The van der Waals surface area contributed by atoms with Gasteiger partial charge in [0, 0.05) is 11.8 Å². The summed E-state index contributed by atoms with van der Waals surface area (Å²) in [5.74, 6) is 2.46. The highest BCUT2D eigenvalue weighted by molar-refractivity contribution is 6.69. The van der Waals surface area contributed by atoms with Crippen molar-refractivity contribution in [2.24, 2.45) is 0 Å². The predicted molar refractivity (Wildman–Crippen MR) is 156 cm³/mol. The number of aryl methyl sites for hydroxylation is 1. The van der Waals surface area contributed by atoms with Crippen LogP contribution in [0.15, 0.2) is 97.2 Å². The Hall–Kier alpha value is -3.87. The minimum Gasteiger partial charge on any atom is -0.497 e. The summed E-state index contributed by atoms with van der Waals surface area (Å²) in [6.07, 6.45) is 2.07. The van der Waals surface area contributed by atoms with Gasteiger partial charge in [-0.3, -0.25) is 4.40 Å². The molecule has 5 nitrogen and oxygen atoms in total. The first-order valence-electron chi connectivity index (χ1n) is 12.8. The second kappa shape index (κ2) is 10.1. The molecule has 0 aliphatic carbocycles. The molecule has 38 heavy (non-hydrogen) atoms. The second-order valence-electron chi connectivity index (χ2n) is 10.5. The molecule has 0 amide bonds. The van der Waals surface area contributed by atoms with E-state index in [-0.39, 0.29) is 0 Å². The highest BCUT2D eigenvalue weighted by Crippen LogP contribution is 2.45. The Labute approximate surface area is 225 Å². The number of ether oxygens (including phenoxy) is 2. The zero-order chi connectivity index (χ0) is 26.9. The molecular weight excluding hydrogens is 488 g/mol. The third kappa shape index (κ3) is 4.73. The lowest BCUT2D eigenvalue weighted by Gasteiger charge is -2.39. The fraction of sp³-hybridized carbons (Fsp3) is 0.219. The summed E-state index contributed by atoms with van der Waals surface area (Å²) in [4.78, 5) is 5.38. The van der Waals surface area contributed by atoms with Crippen LogP contribution in [0, 0.1) is 6.92 Å². The van der Waals surface area contributed by atoms with Crippen molar-refractivity contribution in [3.8, 4) is 22.9 Å². The van der Waals surface area contributed by atoms with Crippen molar-refractivity contribution < 1.29 is 13.9 Å². The molecule has 0 unspecified atom stereocenters. The maximum atomic E-state index is 7.29. The van der Waals surface area contributed by atoms with Gasteiger partial charge in [-0.25, -0.2) is 4.98 Å². The zero-order valence-electron chi connectivity index (χ0n) is 22.9. The summed E-state index contributed by atoms with van der Waals surface area (Å²) in [7, 11) is 1.20. The van der Waals surface area contributed by atoms with E-state index in [1.165, 1.54) is 5.56 Å². The number of aromatic nitrogens is 2. The number of nitrogens with zero attached hydrogens (tertiary/aromatic N) is 2. The average Bonchev–Trinajstić information content (AvgIpc) is 3.32. The van der Waals surface area contributed by atoms with Gasteiger partial charge in [0.2, 0.25) is 0 Å². The van der Waals surface area contributed by atoms with Crippen LogP contribution in [0.1, 0.15) is 22.4 Å². The molecule has 194 valence electrons. The molecule has 5 aromatic rings. The standard InChI is InChI=1S/C32H34N2O3Si/c1-23-10-12-24(13-11-23)31-33-30(29-9-7-8-22-34(29)31)32(37-38(4,5)6,25-14-18-27(35-2)19-15-25)26-16-20-28(36-3)21-17-26/h7-22H,1-6H3. The normalized spacial score (nSPS) is 12.1. The maximum absolute atomic E-state index is 7.29. The molecule has 0 N–H and O–H groups in total. The van der Waals surface area contributed by atoms with Gasteiger partial charge >= 0.3 is 0 Å². The van der Waals surface area contributed by atoms with Crippen LogP contribution in [0.2, 0.25) is 19.6 Å². The zero-order valence-corrected chi connectivity index (χ0v) is 23.9. The summed E-state index contributed by atoms with van der Waals surface area (Å²) in [6, 6.07) is 31.0. The van der Waals surface area contributed by atoms with E-state index in [0.717, 1.165) is 45.2 Å². The Morgan fingerprint density at radius 2 is 1.26 bits per heavy atom. The number of methoxy groups -OCH3 is 2. The van der Waals surface area contributed by atoms with Crippen LogP contribution in [0.3, 0.4) is 0 Å². The van der Waals surface area contributed by atoms with Crippen molar-refractivity contribution in [3.05, 3.63) is 120 Å². The molecule has 2 heterocycles. The second-order valence-corrected chi connectivity index (χ2v) is 14.9. The van der Waals surface area contributed by atoms with Crippen LogP contribution in [-0.4, -0.2) is 31.9 Å². The van der Waals surface area contributed by atoms with Crippen LogP contribution >= 0.6 is 0 Å². The highest BCUT2D eigenvalue weighted by Gasteiger charge is 2.45. The number of imidazole rings is 1. The van der Waals surface area contributed by atoms with Crippen LogP contribution in [-0.2, 0) is 10.0 Å². The van der Waals surface area contributed by atoms with Gasteiger partial charge in [-0.05, 0) is 74.1 Å².